The largest absolute Gasteiger partial charge is 0.355 e. The van der Waals surface area contributed by atoms with Crippen LogP contribution in [0.4, 0.5) is 0 Å². The molecule has 1 saturated carbocycles. The lowest BCUT2D eigenvalue weighted by atomic mass is 10.2. The number of hydrogen-bond donors (Lipinski definition) is 2. The number of carbonyl (C=O) groups excluding carboxylic acids is 1. The summed E-state index contributed by atoms with van der Waals surface area (Å²) in [5.41, 5.74) is 0. The Morgan fingerprint density at radius 1 is 1.38 bits per heavy atom. The number of nitrogens with one attached hydrogen (secondary N) is 2. The Morgan fingerprint density at radius 2 is 2.23 bits per heavy atom. The van der Waals surface area contributed by atoms with E-state index in [0.717, 1.165) is 31.8 Å². The minimum atomic E-state index is 0.0965. The van der Waals surface area contributed by atoms with Gasteiger partial charge in [0.2, 0.25) is 5.91 Å². The lowest BCUT2D eigenvalue weighted by molar-refractivity contribution is -0.122. The van der Waals surface area contributed by atoms with Gasteiger partial charge in [-0.15, -0.1) is 0 Å². The van der Waals surface area contributed by atoms with Crippen LogP contribution in [0.1, 0.15) is 32.1 Å². The average molecular weight is 182 g/mol. The second kappa shape index (κ2) is 4.09. The van der Waals surface area contributed by atoms with E-state index in [9.17, 15) is 4.79 Å². The van der Waals surface area contributed by atoms with Gasteiger partial charge in [0.1, 0.15) is 0 Å². The van der Waals surface area contributed by atoms with E-state index in [1.165, 1.54) is 19.3 Å². The molecule has 3 nitrogen and oxygen atoms in total. The smallest absolute Gasteiger partial charge is 0.237 e. The third-order valence-corrected chi connectivity index (χ3v) is 2.93. The van der Waals surface area contributed by atoms with Gasteiger partial charge < -0.3 is 10.6 Å². The average Bonchev–Trinajstić information content (AvgIpc) is 2.80. The minimum Gasteiger partial charge on any atom is -0.355 e. The van der Waals surface area contributed by atoms with Crippen molar-refractivity contribution in [1.29, 1.82) is 0 Å². The van der Waals surface area contributed by atoms with Gasteiger partial charge in [-0.3, -0.25) is 4.79 Å². The van der Waals surface area contributed by atoms with Crippen LogP contribution in [-0.2, 0) is 4.79 Å². The van der Waals surface area contributed by atoms with Gasteiger partial charge in [-0.25, -0.2) is 0 Å². The van der Waals surface area contributed by atoms with E-state index in [1.54, 1.807) is 0 Å². The lowest BCUT2D eigenvalue weighted by Gasteiger charge is -2.10. The predicted octanol–water partition coefficient (Wildman–Crippen LogP) is 0.655. The van der Waals surface area contributed by atoms with Gasteiger partial charge in [-0.2, -0.15) is 0 Å². The lowest BCUT2D eigenvalue weighted by Crippen LogP contribution is -2.40. The van der Waals surface area contributed by atoms with E-state index in [-0.39, 0.29) is 11.9 Å². The van der Waals surface area contributed by atoms with E-state index < -0.39 is 0 Å². The summed E-state index contributed by atoms with van der Waals surface area (Å²) < 4.78 is 0. The van der Waals surface area contributed by atoms with Crippen LogP contribution in [0.15, 0.2) is 0 Å². The van der Waals surface area contributed by atoms with E-state index in [0.29, 0.717) is 0 Å². The van der Waals surface area contributed by atoms with Gasteiger partial charge in [-0.05, 0) is 31.7 Å². The second-order valence-corrected chi connectivity index (χ2v) is 4.17. The molecule has 1 atom stereocenters. The second-order valence-electron chi connectivity index (χ2n) is 4.17. The molecular formula is C10H18N2O. The highest BCUT2D eigenvalue weighted by atomic mass is 16.2. The molecule has 0 aromatic rings. The van der Waals surface area contributed by atoms with Crippen LogP contribution in [0.2, 0.25) is 0 Å². The van der Waals surface area contributed by atoms with Gasteiger partial charge in [0.05, 0.1) is 6.04 Å². The topological polar surface area (TPSA) is 41.1 Å². The van der Waals surface area contributed by atoms with Gasteiger partial charge >= 0.3 is 0 Å². The molecule has 13 heavy (non-hydrogen) atoms. The van der Waals surface area contributed by atoms with Gasteiger partial charge in [-0.1, -0.05) is 12.8 Å². The third-order valence-electron chi connectivity index (χ3n) is 2.93. The van der Waals surface area contributed by atoms with Crippen LogP contribution in [-0.4, -0.2) is 25.0 Å². The van der Waals surface area contributed by atoms with Crippen molar-refractivity contribution in [3.05, 3.63) is 0 Å². The standard InChI is InChI=1S/C10H18N2O/c13-10(9-2-1-6-11-9)12-7-5-8-3-4-8/h8-9,11H,1-7H2,(H,12,13). The first-order chi connectivity index (χ1) is 6.36. The van der Waals surface area contributed by atoms with E-state index in [1.807, 2.05) is 0 Å². The van der Waals surface area contributed by atoms with Crippen molar-refractivity contribution in [2.45, 2.75) is 38.1 Å². The molecule has 3 heteroatoms. The van der Waals surface area contributed by atoms with Crippen LogP contribution in [0, 0.1) is 5.92 Å². The summed E-state index contributed by atoms with van der Waals surface area (Å²) in [6, 6.07) is 0.0965. The zero-order chi connectivity index (χ0) is 9.10. The fourth-order valence-corrected chi connectivity index (χ4v) is 1.84. The number of hydrogen-bond acceptors (Lipinski definition) is 2. The number of amides is 1. The van der Waals surface area contributed by atoms with Gasteiger partial charge in [0.25, 0.3) is 0 Å². The fraction of sp³-hybridized carbons (Fsp3) is 0.900. The SMILES string of the molecule is O=C(NCCC1CC1)C1CCCN1. The molecule has 0 radical (unpaired) electrons. The van der Waals surface area contributed by atoms with Crippen LogP contribution < -0.4 is 10.6 Å². The molecular weight excluding hydrogens is 164 g/mol. The van der Waals surface area contributed by atoms with Crippen molar-refractivity contribution in [1.82, 2.24) is 10.6 Å². The molecule has 2 rings (SSSR count). The van der Waals surface area contributed by atoms with Crippen molar-refractivity contribution in [3.8, 4) is 0 Å². The molecule has 74 valence electrons. The molecule has 0 spiro atoms. The molecule has 1 saturated heterocycles. The fourth-order valence-electron chi connectivity index (χ4n) is 1.84. The van der Waals surface area contributed by atoms with Crippen molar-refractivity contribution >= 4 is 5.91 Å². The Labute approximate surface area is 79.3 Å². The zero-order valence-corrected chi connectivity index (χ0v) is 8.01. The highest BCUT2D eigenvalue weighted by Crippen LogP contribution is 2.31. The summed E-state index contributed by atoms with van der Waals surface area (Å²) in [6.45, 7) is 1.88. The third kappa shape index (κ3) is 2.69. The van der Waals surface area contributed by atoms with Crippen molar-refractivity contribution in [3.63, 3.8) is 0 Å². The molecule has 1 amide bonds. The monoisotopic (exact) mass is 182 g/mol. The molecule has 1 heterocycles. The number of carbonyl (C=O) groups is 1. The molecule has 2 N–H and O–H groups in total. The molecule has 2 aliphatic rings. The normalized spacial score (nSPS) is 27.5. The Hall–Kier alpha value is -0.570. The Morgan fingerprint density at radius 3 is 2.85 bits per heavy atom. The Kier molecular flexibility index (Phi) is 2.83. The zero-order valence-electron chi connectivity index (χ0n) is 8.01. The van der Waals surface area contributed by atoms with Crippen LogP contribution >= 0.6 is 0 Å². The van der Waals surface area contributed by atoms with Crippen molar-refractivity contribution in [2.75, 3.05) is 13.1 Å². The number of rotatable bonds is 4. The molecule has 0 bridgehead atoms. The first kappa shape index (κ1) is 9.00. The first-order valence-corrected chi connectivity index (χ1v) is 5.37. The molecule has 1 aliphatic carbocycles. The van der Waals surface area contributed by atoms with Crippen LogP contribution in [0.25, 0.3) is 0 Å². The van der Waals surface area contributed by atoms with E-state index >= 15 is 0 Å². The summed E-state index contributed by atoms with van der Waals surface area (Å²) in [4.78, 5) is 11.5. The Balaban J connectivity index is 1.59. The summed E-state index contributed by atoms with van der Waals surface area (Å²) in [5, 5.41) is 6.19. The molecule has 0 aromatic carbocycles. The van der Waals surface area contributed by atoms with Crippen molar-refractivity contribution in [2.24, 2.45) is 5.92 Å². The summed E-state index contributed by atoms with van der Waals surface area (Å²) in [6.07, 6.45) is 6.07. The molecule has 1 unspecified atom stereocenters. The first-order valence-electron chi connectivity index (χ1n) is 5.37. The minimum absolute atomic E-state index is 0.0965. The molecule has 2 fully saturated rings. The predicted molar refractivity (Wildman–Crippen MR) is 51.4 cm³/mol. The molecule has 1 aliphatic heterocycles. The van der Waals surface area contributed by atoms with E-state index in [4.69, 9.17) is 0 Å². The van der Waals surface area contributed by atoms with Gasteiger partial charge in [0, 0.05) is 6.54 Å². The molecule has 0 aromatic heterocycles. The maximum absolute atomic E-state index is 11.5. The van der Waals surface area contributed by atoms with Gasteiger partial charge in [0.15, 0.2) is 0 Å². The van der Waals surface area contributed by atoms with E-state index in [2.05, 4.69) is 10.6 Å². The Bertz CT molecular complexity index is 183. The maximum Gasteiger partial charge on any atom is 0.237 e. The summed E-state index contributed by atoms with van der Waals surface area (Å²) in [5.74, 6) is 1.12. The summed E-state index contributed by atoms with van der Waals surface area (Å²) >= 11 is 0. The highest BCUT2D eigenvalue weighted by molar-refractivity contribution is 5.81. The maximum atomic E-state index is 11.5. The van der Waals surface area contributed by atoms with Crippen LogP contribution in [0.3, 0.4) is 0 Å². The highest BCUT2D eigenvalue weighted by Gasteiger charge is 2.23. The quantitative estimate of drug-likeness (QED) is 0.670. The van der Waals surface area contributed by atoms with Crippen LogP contribution in [0.5, 0.6) is 0 Å². The summed E-state index contributed by atoms with van der Waals surface area (Å²) in [7, 11) is 0. The van der Waals surface area contributed by atoms with Crippen molar-refractivity contribution < 1.29 is 4.79 Å².